The van der Waals surface area contributed by atoms with Crippen LogP contribution in [0.25, 0.3) is 10.9 Å². The molecule has 3 aromatic rings. The van der Waals surface area contributed by atoms with Crippen LogP contribution in [0.15, 0.2) is 71.0 Å². The predicted molar refractivity (Wildman–Crippen MR) is 122 cm³/mol. The number of ketones is 1. The lowest BCUT2D eigenvalue weighted by Gasteiger charge is -2.36. The first kappa shape index (κ1) is 21.4. The maximum Gasteiger partial charge on any atom is 0.268 e. The third-order valence-electron chi connectivity index (χ3n) is 6.60. The first-order chi connectivity index (χ1) is 14.5. The van der Waals surface area contributed by atoms with Crippen molar-refractivity contribution in [3.63, 3.8) is 0 Å². The summed E-state index contributed by atoms with van der Waals surface area (Å²) in [6.07, 6.45) is 2.90. The molecule has 0 amide bonds. The number of Topliss-reactive ketones (excluding diaryl/α,β-unsaturated/α-hetero) is 1. The number of fused-ring (bicyclic) bond motifs is 1. The van der Waals surface area contributed by atoms with Gasteiger partial charge in [-0.25, -0.2) is 12.4 Å². The van der Waals surface area contributed by atoms with E-state index in [-0.39, 0.29) is 22.4 Å². The number of hydrogen-bond acceptors (Lipinski definition) is 4. The molecule has 0 saturated carbocycles. The molecule has 0 radical (unpaired) electrons. The number of rotatable bonds is 4. The second kappa shape index (κ2) is 7.38. The lowest BCUT2D eigenvalue weighted by Crippen LogP contribution is -2.38. The highest BCUT2D eigenvalue weighted by atomic mass is 32.2. The van der Waals surface area contributed by atoms with E-state index >= 15 is 0 Å². The Labute approximate surface area is 183 Å². The highest BCUT2D eigenvalue weighted by molar-refractivity contribution is 7.90. The van der Waals surface area contributed by atoms with Crippen LogP contribution in [-0.2, 0) is 20.2 Å². The third-order valence-corrected chi connectivity index (χ3v) is 8.31. The van der Waals surface area contributed by atoms with Crippen molar-refractivity contribution < 1.29 is 18.3 Å². The van der Waals surface area contributed by atoms with Crippen molar-refractivity contribution in [2.75, 3.05) is 0 Å². The van der Waals surface area contributed by atoms with Crippen LogP contribution in [0.2, 0.25) is 0 Å². The topological polar surface area (TPSA) is 76.4 Å². The Morgan fingerprint density at radius 1 is 1.03 bits per heavy atom. The van der Waals surface area contributed by atoms with Crippen LogP contribution < -0.4 is 0 Å². The largest absolute Gasteiger partial charge is 0.504 e. The van der Waals surface area contributed by atoms with Crippen molar-refractivity contribution in [2.45, 2.75) is 50.8 Å². The molecule has 0 fully saturated rings. The minimum Gasteiger partial charge on any atom is -0.504 e. The molecule has 0 bridgehead atoms. The Morgan fingerprint density at radius 2 is 1.71 bits per heavy atom. The summed E-state index contributed by atoms with van der Waals surface area (Å²) in [6, 6.07) is 14.1. The molecule has 0 spiro atoms. The van der Waals surface area contributed by atoms with Crippen LogP contribution in [0.4, 0.5) is 0 Å². The molecule has 6 heteroatoms. The maximum absolute atomic E-state index is 13.3. The minimum absolute atomic E-state index is 0.129. The molecule has 4 rings (SSSR count). The molecule has 1 atom stereocenters. The van der Waals surface area contributed by atoms with Crippen LogP contribution in [0.3, 0.4) is 0 Å². The quantitative estimate of drug-likeness (QED) is 0.603. The van der Waals surface area contributed by atoms with Gasteiger partial charge in [0.2, 0.25) is 5.78 Å². The van der Waals surface area contributed by atoms with Gasteiger partial charge < -0.3 is 5.11 Å². The van der Waals surface area contributed by atoms with E-state index in [0.29, 0.717) is 18.4 Å². The molecular formula is C25H27NO4S. The zero-order chi connectivity index (χ0) is 22.6. The zero-order valence-electron chi connectivity index (χ0n) is 18.2. The maximum atomic E-state index is 13.3. The molecule has 1 N–H and O–H groups in total. The number of benzene rings is 2. The summed E-state index contributed by atoms with van der Waals surface area (Å²) >= 11 is 0. The van der Waals surface area contributed by atoms with E-state index in [4.69, 9.17) is 0 Å². The van der Waals surface area contributed by atoms with Gasteiger partial charge in [0.15, 0.2) is 5.76 Å². The summed E-state index contributed by atoms with van der Waals surface area (Å²) in [5, 5.41) is 11.0. The highest BCUT2D eigenvalue weighted by Crippen LogP contribution is 2.43. The van der Waals surface area contributed by atoms with E-state index in [0.717, 1.165) is 22.1 Å². The molecular weight excluding hydrogens is 410 g/mol. The van der Waals surface area contributed by atoms with E-state index < -0.39 is 15.4 Å². The molecule has 0 saturated heterocycles. The van der Waals surface area contributed by atoms with Gasteiger partial charge in [0.05, 0.1) is 10.4 Å². The average molecular weight is 438 g/mol. The van der Waals surface area contributed by atoms with Gasteiger partial charge in [-0.1, -0.05) is 43.7 Å². The number of allylic oxidation sites excluding steroid dienone is 2. The number of hydrogen-bond donors (Lipinski definition) is 1. The summed E-state index contributed by atoms with van der Waals surface area (Å²) in [6.45, 7) is 7.68. The molecule has 0 aliphatic heterocycles. The van der Waals surface area contributed by atoms with Gasteiger partial charge in [-0.15, -0.1) is 0 Å². The zero-order valence-corrected chi connectivity index (χ0v) is 19.0. The van der Waals surface area contributed by atoms with E-state index in [1.165, 1.54) is 3.97 Å². The van der Waals surface area contributed by atoms with Crippen LogP contribution in [0.1, 0.15) is 44.7 Å². The summed E-state index contributed by atoms with van der Waals surface area (Å²) < 4.78 is 27.9. The molecule has 1 heterocycles. The smallest absolute Gasteiger partial charge is 0.268 e. The van der Waals surface area contributed by atoms with Gasteiger partial charge in [-0.2, -0.15) is 0 Å². The van der Waals surface area contributed by atoms with Crippen LogP contribution in [0, 0.1) is 12.8 Å². The highest BCUT2D eigenvalue weighted by Gasteiger charge is 2.41. The molecule has 162 valence electrons. The van der Waals surface area contributed by atoms with E-state index in [1.807, 2.05) is 32.9 Å². The Morgan fingerprint density at radius 3 is 2.39 bits per heavy atom. The number of aromatic nitrogens is 1. The summed E-state index contributed by atoms with van der Waals surface area (Å²) in [4.78, 5) is 13.1. The summed E-state index contributed by atoms with van der Waals surface area (Å²) in [5.41, 5.74) is 2.61. The number of aliphatic hydroxyl groups excluding tert-OH is 1. The van der Waals surface area contributed by atoms with Crippen molar-refractivity contribution >= 4 is 26.7 Å². The normalized spacial score (nSPS) is 18.1. The standard InChI is InChI=1S/C25H27NO4S/c1-16-8-11-18(12-9-16)31(29,30)26-15-14-19-20(6-5-7-22(19)26)25(3,4)21-13-10-17(2)23(27)24(21)28/h5-9,11-12,14-15,21,27H,10,13H2,1-4H3. The number of carbonyl (C=O) groups is 1. The van der Waals surface area contributed by atoms with Gasteiger partial charge in [-0.05, 0) is 62.1 Å². The number of aryl methyl sites for hydroxylation is 1. The van der Waals surface area contributed by atoms with E-state index in [9.17, 15) is 18.3 Å². The van der Waals surface area contributed by atoms with Gasteiger partial charge >= 0.3 is 0 Å². The molecule has 1 aromatic heterocycles. The first-order valence-corrected chi connectivity index (χ1v) is 11.8. The Balaban J connectivity index is 1.83. The molecule has 31 heavy (non-hydrogen) atoms. The minimum atomic E-state index is -3.75. The first-order valence-electron chi connectivity index (χ1n) is 10.4. The summed E-state index contributed by atoms with van der Waals surface area (Å²) in [7, 11) is -3.75. The lowest BCUT2D eigenvalue weighted by atomic mass is 9.66. The van der Waals surface area contributed by atoms with Crippen LogP contribution in [0.5, 0.6) is 0 Å². The fourth-order valence-corrected chi connectivity index (χ4v) is 5.95. The van der Waals surface area contributed by atoms with Crippen molar-refractivity contribution in [3.05, 3.63) is 77.2 Å². The van der Waals surface area contributed by atoms with E-state index in [1.54, 1.807) is 49.5 Å². The molecule has 2 aromatic carbocycles. The molecule has 5 nitrogen and oxygen atoms in total. The number of carbonyl (C=O) groups excluding carboxylic acids is 1. The van der Waals surface area contributed by atoms with Gasteiger partial charge in [0, 0.05) is 22.9 Å². The van der Waals surface area contributed by atoms with Gasteiger partial charge in [0.1, 0.15) is 0 Å². The van der Waals surface area contributed by atoms with Crippen LogP contribution >= 0.6 is 0 Å². The fraction of sp³-hybridized carbons (Fsp3) is 0.320. The fourth-order valence-electron chi connectivity index (χ4n) is 4.60. The van der Waals surface area contributed by atoms with Crippen molar-refractivity contribution in [2.24, 2.45) is 5.92 Å². The monoisotopic (exact) mass is 437 g/mol. The Hall–Kier alpha value is -2.86. The third kappa shape index (κ3) is 3.39. The van der Waals surface area contributed by atoms with Crippen molar-refractivity contribution in [1.29, 1.82) is 0 Å². The van der Waals surface area contributed by atoms with E-state index in [2.05, 4.69) is 0 Å². The number of aliphatic hydroxyl groups is 1. The lowest BCUT2D eigenvalue weighted by molar-refractivity contribution is -0.124. The second-order valence-electron chi connectivity index (χ2n) is 8.97. The van der Waals surface area contributed by atoms with Crippen molar-refractivity contribution in [3.8, 4) is 0 Å². The molecule has 1 aliphatic rings. The van der Waals surface area contributed by atoms with Crippen LogP contribution in [-0.4, -0.2) is 23.3 Å². The predicted octanol–water partition coefficient (Wildman–Crippen LogP) is 5.28. The molecule has 1 aliphatic carbocycles. The van der Waals surface area contributed by atoms with Gasteiger partial charge in [0.25, 0.3) is 10.0 Å². The average Bonchev–Trinajstić information content (AvgIpc) is 3.17. The molecule has 1 unspecified atom stereocenters. The van der Waals surface area contributed by atoms with Crippen molar-refractivity contribution in [1.82, 2.24) is 3.97 Å². The number of nitrogens with zero attached hydrogens (tertiary/aromatic N) is 1. The van der Waals surface area contributed by atoms with Gasteiger partial charge in [-0.3, -0.25) is 4.79 Å². The Kier molecular flexibility index (Phi) is 5.09. The SMILES string of the molecule is CC1=C(O)C(=O)C(C(C)(C)c2cccc3c2ccn3S(=O)(=O)c2ccc(C)cc2)CC1. The summed E-state index contributed by atoms with van der Waals surface area (Å²) in [5.74, 6) is -0.743. The second-order valence-corrected chi connectivity index (χ2v) is 10.8. The Bertz CT molecular complexity index is 1310.